The number of para-hydroxylation sites is 1. The summed E-state index contributed by atoms with van der Waals surface area (Å²) in [5, 5.41) is 10.8. The van der Waals surface area contributed by atoms with Crippen LogP contribution in [0.25, 0.3) is 10.9 Å². The summed E-state index contributed by atoms with van der Waals surface area (Å²) >= 11 is 0. The van der Waals surface area contributed by atoms with E-state index in [-0.39, 0.29) is 12.0 Å². The number of piperidine rings is 1. The lowest BCUT2D eigenvalue weighted by Crippen LogP contribution is -2.43. The van der Waals surface area contributed by atoms with E-state index in [0.717, 1.165) is 30.3 Å². The van der Waals surface area contributed by atoms with Gasteiger partial charge >= 0.3 is 0 Å². The van der Waals surface area contributed by atoms with E-state index in [1.165, 1.54) is 0 Å². The number of likely N-dealkylation sites (tertiary alicyclic amines) is 1. The van der Waals surface area contributed by atoms with E-state index in [0.29, 0.717) is 13.1 Å². The van der Waals surface area contributed by atoms with Crippen molar-refractivity contribution in [1.82, 2.24) is 9.47 Å². The van der Waals surface area contributed by atoms with Gasteiger partial charge in [0.15, 0.2) is 0 Å². The number of hydrogen-bond donors (Lipinski definition) is 1. The second kappa shape index (κ2) is 5.05. The van der Waals surface area contributed by atoms with Crippen LogP contribution < -0.4 is 0 Å². The summed E-state index contributed by atoms with van der Waals surface area (Å²) in [4.78, 5) is 14.0. The lowest BCUT2D eigenvalue weighted by Gasteiger charge is -2.30. The van der Waals surface area contributed by atoms with Gasteiger partial charge in [0.1, 0.15) is 6.54 Å². The molecule has 1 fully saturated rings. The molecule has 1 aromatic carbocycles. The molecular formula is C15H18N2O2. The minimum Gasteiger partial charge on any atom is -0.391 e. The van der Waals surface area contributed by atoms with Gasteiger partial charge in [-0.1, -0.05) is 18.2 Å². The molecule has 2 aromatic rings. The smallest absolute Gasteiger partial charge is 0.242 e. The third kappa shape index (κ3) is 2.49. The maximum atomic E-state index is 12.2. The Kier molecular flexibility index (Phi) is 3.25. The van der Waals surface area contributed by atoms with Gasteiger partial charge in [0.25, 0.3) is 0 Å². The van der Waals surface area contributed by atoms with E-state index in [1.807, 2.05) is 41.1 Å². The van der Waals surface area contributed by atoms with Gasteiger partial charge in [-0.05, 0) is 30.4 Å². The lowest BCUT2D eigenvalue weighted by atomic mass is 10.1. The van der Waals surface area contributed by atoms with Crippen molar-refractivity contribution < 1.29 is 9.90 Å². The Hall–Kier alpha value is -1.81. The van der Waals surface area contributed by atoms with Crippen LogP contribution in [0.5, 0.6) is 0 Å². The third-order valence-electron chi connectivity index (χ3n) is 3.74. The molecule has 0 aliphatic carbocycles. The Balaban J connectivity index is 1.75. The molecule has 1 atom stereocenters. The van der Waals surface area contributed by atoms with Gasteiger partial charge < -0.3 is 14.6 Å². The molecule has 0 bridgehead atoms. The summed E-state index contributed by atoms with van der Waals surface area (Å²) in [5.74, 6) is 0.0834. The van der Waals surface area contributed by atoms with Crippen LogP contribution in [-0.2, 0) is 11.3 Å². The van der Waals surface area contributed by atoms with E-state index in [9.17, 15) is 9.90 Å². The highest BCUT2D eigenvalue weighted by Crippen LogP contribution is 2.16. The number of amides is 1. The number of nitrogens with zero attached hydrogens (tertiary/aromatic N) is 2. The molecule has 0 radical (unpaired) electrons. The average molecular weight is 258 g/mol. The molecule has 1 N–H and O–H groups in total. The zero-order chi connectivity index (χ0) is 13.2. The molecule has 1 aliphatic heterocycles. The van der Waals surface area contributed by atoms with Gasteiger partial charge in [0.2, 0.25) is 5.91 Å². The molecule has 19 heavy (non-hydrogen) atoms. The first-order chi connectivity index (χ1) is 9.24. The summed E-state index contributed by atoms with van der Waals surface area (Å²) in [7, 11) is 0. The fourth-order valence-electron chi connectivity index (χ4n) is 2.71. The van der Waals surface area contributed by atoms with Gasteiger partial charge in [0, 0.05) is 24.8 Å². The highest BCUT2D eigenvalue weighted by molar-refractivity contribution is 5.83. The average Bonchev–Trinajstić information content (AvgIpc) is 2.82. The predicted molar refractivity (Wildman–Crippen MR) is 73.8 cm³/mol. The molecule has 4 heteroatoms. The number of hydrogen-bond acceptors (Lipinski definition) is 2. The number of aromatic nitrogens is 1. The molecule has 2 heterocycles. The topological polar surface area (TPSA) is 45.5 Å². The number of carbonyl (C=O) groups excluding carboxylic acids is 1. The molecule has 4 nitrogen and oxygen atoms in total. The van der Waals surface area contributed by atoms with Gasteiger partial charge in [-0.15, -0.1) is 0 Å². The SMILES string of the molecule is O=C(Cn1ccc2ccccc21)N1CCCC(O)C1. The van der Waals surface area contributed by atoms with Crippen LogP contribution in [0.15, 0.2) is 36.5 Å². The molecule has 1 aromatic heterocycles. The standard InChI is InChI=1S/C15H18N2O2/c18-13-5-3-8-17(10-13)15(19)11-16-9-7-12-4-1-2-6-14(12)16/h1-2,4,6-7,9,13,18H,3,5,8,10-11H2. The van der Waals surface area contributed by atoms with Gasteiger partial charge in [0.05, 0.1) is 6.10 Å². The summed E-state index contributed by atoms with van der Waals surface area (Å²) in [6.07, 6.45) is 3.28. The van der Waals surface area contributed by atoms with Crippen LogP contribution in [0.3, 0.4) is 0 Å². The second-order valence-corrected chi connectivity index (χ2v) is 5.14. The van der Waals surface area contributed by atoms with Crippen molar-refractivity contribution >= 4 is 16.8 Å². The molecule has 3 rings (SSSR count). The van der Waals surface area contributed by atoms with Crippen molar-refractivity contribution in [3.63, 3.8) is 0 Å². The highest BCUT2D eigenvalue weighted by Gasteiger charge is 2.22. The maximum absolute atomic E-state index is 12.2. The van der Waals surface area contributed by atoms with Crippen LogP contribution in [0.2, 0.25) is 0 Å². The Morgan fingerprint density at radius 2 is 2.16 bits per heavy atom. The monoisotopic (exact) mass is 258 g/mol. The van der Waals surface area contributed by atoms with Crippen molar-refractivity contribution in [3.8, 4) is 0 Å². The van der Waals surface area contributed by atoms with Gasteiger partial charge in [-0.3, -0.25) is 4.79 Å². The Morgan fingerprint density at radius 3 is 3.00 bits per heavy atom. The highest BCUT2D eigenvalue weighted by atomic mass is 16.3. The molecule has 100 valence electrons. The van der Waals surface area contributed by atoms with Crippen molar-refractivity contribution in [2.45, 2.75) is 25.5 Å². The fraction of sp³-hybridized carbons (Fsp3) is 0.400. The molecule has 0 spiro atoms. The third-order valence-corrected chi connectivity index (χ3v) is 3.74. The number of carbonyl (C=O) groups is 1. The number of aliphatic hydroxyl groups is 1. The second-order valence-electron chi connectivity index (χ2n) is 5.14. The maximum Gasteiger partial charge on any atom is 0.242 e. The zero-order valence-electron chi connectivity index (χ0n) is 10.8. The normalized spacial score (nSPS) is 19.8. The first-order valence-corrected chi connectivity index (χ1v) is 6.74. The largest absolute Gasteiger partial charge is 0.391 e. The minimum atomic E-state index is -0.362. The van der Waals surface area contributed by atoms with E-state index in [4.69, 9.17) is 0 Å². The number of benzene rings is 1. The predicted octanol–water partition coefficient (Wildman–Crippen LogP) is 1.62. The summed E-state index contributed by atoms with van der Waals surface area (Å²) in [6, 6.07) is 10.1. The fourth-order valence-corrected chi connectivity index (χ4v) is 2.71. The number of fused-ring (bicyclic) bond motifs is 1. The summed E-state index contributed by atoms with van der Waals surface area (Å²) < 4.78 is 1.97. The zero-order valence-corrected chi connectivity index (χ0v) is 10.8. The Bertz CT molecular complexity index is 591. The van der Waals surface area contributed by atoms with Crippen LogP contribution in [0.4, 0.5) is 0 Å². The Labute approximate surface area is 112 Å². The molecule has 1 aliphatic rings. The molecule has 0 saturated carbocycles. The quantitative estimate of drug-likeness (QED) is 0.889. The van der Waals surface area contributed by atoms with Gasteiger partial charge in [-0.25, -0.2) is 0 Å². The number of β-amino-alcohol motifs (C(OH)–C–C–N with tert-alkyl or cyclic N) is 1. The van der Waals surface area contributed by atoms with E-state index < -0.39 is 0 Å². The Morgan fingerprint density at radius 1 is 1.32 bits per heavy atom. The van der Waals surface area contributed by atoms with Crippen LogP contribution in [0.1, 0.15) is 12.8 Å². The summed E-state index contributed by atoms with van der Waals surface area (Å²) in [6.45, 7) is 1.58. The first-order valence-electron chi connectivity index (χ1n) is 6.74. The van der Waals surface area contributed by atoms with Crippen molar-refractivity contribution in [2.75, 3.05) is 13.1 Å². The molecule has 1 unspecified atom stereocenters. The van der Waals surface area contributed by atoms with E-state index in [2.05, 4.69) is 0 Å². The van der Waals surface area contributed by atoms with E-state index >= 15 is 0 Å². The molecule has 1 amide bonds. The van der Waals surface area contributed by atoms with Gasteiger partial charge in [-0.2, -0.15) is 0 Å². The first kappa shape index (κ1) is 12.2. The number of rotatable bonds is 2. The van der Waals surface area contributed by atoms with Crippen molar-refractivity contribution in [1.29, 1.82) is 0 Å². The number of aliphatic hydroxyl groups excluding tert-OH is 1. The minimum absolute atomic E-state index is 0.0834. The van der Waals surface area contributed by atoms with E-state index in [1.54, 1.807) is 4.90 Å². The van der Waals surface area contributed by atoms with Crippen molar-refractivity contribution in [2.24, 2.45) is 0 Å². The van der Waals surface area contributed by atoms with Crippen molar-refractivity contribution in [3.05, 3.63) is 36.5 Å². The lowest BCUT2D eigenvalue weighted by molar-refractivity contribution is -0.134. The summed E-state index contributed by atoms with van der Waals surface area (Å²) in [5.41, 5.74) is 1.08. The van der Waals surface area contributed by atoms with Crippen LogP contribution in [0, 0.1) is 0 Å². The molecular weight excluding hydrogens is 240 g/mol. The van der Waals surface area contributed by atoms with Crippen LogP contribution >= 0.6 is 0 Å². The van der Waals surface area contributed by atoms with Crippen LogP contribution in [-0.4, -0.2) is 39.7 Å². The molecule has 1 saturated heterocycles.